The van der Waals surface area contributed by atoms with E-state index in [0.717, 1.165) is 95.1 Å². The summed E-state index contributed by atoms with van der Waals surface area (Å²) in [5, 5.41) is 34.6. The number of hydrogen-bond acceptors (Lipinski definition) is 23. The Labute approximate surface area is 557 Å². The van der Waals surface area contributed by atoms with Crippen LogP contribution in [0.4, 0.5) is 0 Å². The van der Waals surface area contributed by atoms with E-state index in [0.29, 0.717) is 47.2 Å². The summed E-state index contributed by atoms with van der Waals surface area (Å²) in [7, 11) is -0.845. The Balaban J connectivity index is 0.000000406. The number of aliphatic hydroxyl groups is 2. The van der Waals surface area contributed by atoms with Gasteiger partial charge in [0.15, 0.2) is 0 Å². The molecule has 0 bridgehead atoms. The average Bonchev–Trinajstić information content (AvgIpc) is 1.75. The van der Waals surface area contributed by atoms with E-state index >= 15 is 0 Å². The van der Waals surface area contributed by atoms with Gasteiger partial charge in [0.2, 0.25) is 0 Å². The summed E-state index contributed by atoms with van der Waals surface area (Å²) in [6.45, 7) is 10.3. The van der Waals surface area contributed by atoms with Crippen molar-refractivity contribution in [3.8, 4) is 0 Å². The SMILES string of the molecule is CCCC[C@@H]1C=C(C(=O)OC)CC(N=[N+]=[N-])[C@@H]1O.CCCC[C@@H]1C=C(C(=O)OC)CC(N=[N+]=[N-])[C@@H]1OS(C)(=O)=O.CCCC[C@@H]1C=C(C(=O)OC)CC(OS(C)(=O)=O)[C@H]1N=[N+]=[N-].CCCC[C@@H]1C=C(C(=O)OC)C[C@@H]2O[C@@H]21.CCCC[C@@H]1C=C(C(=O)OC)C[C@H](O)[C@H]1N=[N+]=[N-]. The molecule has 0 amide bonds. The van der Waals surface area contributed by atoms with Gasteiger partial charge in [-0.25, -0.2) is 24.0 Å². The zero-order valence-electron chi connectivity index (χ0n) is 56.7. The molecule has 1 aliphatic heterocycles. The van der Waals surface area contributed by atoms with Crippen molar-refractivity contribution in [3.63, 3.8) is 0 Å². The number of unbranched alkanes of at least 4 members (excludes halogenated alkanes) is 5. The zero-order valence-corrected chi connectivity index (χ0v) is 58.3. The number of hydrogen-bond donors (Lipinski definition) is 2. The third kappa shape index (κ3) is 29.1. The van der Waals surface area contributed by atoms with Crippen LogP contribution >= 0.6 is 0 Å². The smallest absolute Gasteiger partial charge is 0.333 e. The Hall–Kier alpha value is -7.01. The van der Waals surface area contributed by atoms with Gasteiger partial charge in [0.25, 0.3) is 20.2 Å². The van der Waals surface area contributed by atoms with Crippen molar-refractivity contribution < 1.29 is 87.8 Å². The topological polar surface area (TPSA) is 466 Å². The lowest BCUT2D eigenvalue weighted by Gasteiger charge is -2.33. The molecule has 1 fully saturated rings. The minimum Gasteiger partial charge on any atom is -0.466 e. The molecule has 1 saturated heterocycles. The number of nitrogens with zero attached hydrogens (tertiary/aromatic N) is 12. The lowest BCUT2D eigenvalue weighted by molar-refractivity contribution is -0.137. The van der Waals surface area contributed by atoms with Crippen LogP contribution < -0.4 is 0 Å². The van der Waals surface area contributed by atoms with Crippen LogP contribution in [0.2, 0.25) is 0 Å². The number of epoxide rings is 1. The summed E-state index contributed by atoms with van der Waals surface area (Å²) in [5.74, 6) is -2.46. The van der Waals surface area contributed by atoms with Crippen molar-refractivity contribution in [2.24, 2.45) is 50.0 Å². The second kappa shape index (κ2) is 43.9. The standard InChI is InChI=1S/2C13H21N3O5S.2C12H19N3O3.C12H18O3/c1-4-5-6-9-7-10(13(17)20-2)8-11(12(9)15-16-14)21-22(3,18)19;1-4-5-6-9-7-10(13(17)20-2)8-11(15-16-14)12(9)21-22(3,18)19;1-3-4-5-8-6-9(12(17)18-2)7-10(16)11(8)14-15-13;1-3-4-5-8-6-9(12(17)18-2)7-10(11(8)16)14-15-13;1-3-4-5-8-6-9(12(13)14-2)7-10-11(8)15-10/h2*7,9,11-12H,4-6,8H2,1-3H3;2*6,8,10-11,16H,3-5,7H2,1-2H3;6,8,10-11H,3-5,7H2,1-2H3/t9-,11?,12+;9-,11?,12-;8-,10+,11+;8-,10?,11-;8-,10+,11-/m11111/s1. The molecule has 0 aromatic rings. The number of esters is 5. The van der Waals surface area contributed by atoms with Crippen LogP contribution in [0.1, 0.15) is 163 Å². The monoisotopic (exact) mass is 1380 g/mol. The van der Waals surface area contributed by atoms with E-state index in [1.807, 2.05) is 13.8 Å². The molecule has 33 heteroatoms. The highest BCUT2D eigenvalue weighted by atomic mass is 32.2. The van der Waals surface area contributed by atoms with Crippen LogP contribution in [0.15, 0.2) is 78.7 Å². The van der Waals surface area contributed by atoms with Crippen LogP contribution in [0.25, 0.3) is 41.8 Å². The fourth-order valence-electron chi connectivity index (χ4n) is 11.8. The van der Waals surface area contributed by atoms with E-state index in [2.05, 4.69) is 76.4 Å². The molecule has 6 aliphatic rings. The Morgan fingerprint density at radius 2 is 0.800 bits per heavy atom. The molecule has 3 unspecified atom stereocenters. The molecule has 95 heavy (non-hydrogen) atoms. The maximum absolute atomic E-state index is 11.8. The van der Waals surface area contributed by atoms with E-state index < -0.39 is 92.7 Å². The normalized spacial score (nSPS) is 27.1. The second-order valence-electron chi connectivity index (χ2n) is 23.7. The molecular formula is C62H98N12O19S2. The van der Waals surface area contributed by atoms with Crippen LogP contribution in [0, 0.1) is 29.6 Å². The van der Waals surface area contributed by atoms with Gasteiger partial charge in [0.1, 0.15) is 0 Å². The van der Waals surface area contributed by atoms with Crippen molar-refractivity contribution in [2.45, 2.75) is 224 Å². The Morgan fingerprint density at radius 3 is 1.23 bits per heavy atom. The molecule has 1 heterocycles. The highest BCUT2D eigenvalue weighted by Crippen LogP contribution is 2.42. The van der Waals surface area contributed by atoms with E-state index in [9.17, 15) is 51.0 Å². The predicted molar refractivity (Wildman–Crippen MR) is 350 cm³/mol. The molecule has 5 aliphatic carbocycles. The number of rotatable bonds is 28. The molecule has 15 atom stereocenters. The molecule has 0 spiro atoms. The third-order valence-corrected chi connectivity index (χ3v) is 17.8. The van der Waals surface area contributed by atoms with Gasteiger partial charge >= 0.3 is 29.8 Å². The number of methoxy groups -OCH3 is 5. The summed E-state index contributed by atoms with van der Waals surface area (Å²) >= 11 is 0. The van der Waals surface area contributed by atoms with E-state index in [1.54, 1.807) is 24.3 Å². The number of carbonyl (C=O) groups excluding carboxylic acids is 5. The first kappa shape index (κ1) is 84.1. The lowest BCUT2D eigenvalue weighted by atomic mass is 9.81. The molecule has 0 radical (unpaired) electrons. The zero-order chi connectivity index (χ0) is 71.4. The van der Waals surface area contributed by atoms with Crippen molar-refractivity contribution in [2.75, 3.05) is 48.1 Å². The van der Waals surface area contributed by atoms with E-state index in [-0.39, 0.29) is 61.4 Å². The van der Waals surface area contributed by atoms with Gasteiger partial charge in [0.05, 0.1) is 109 Å². The fourth-order valence-corrected chi connectivity index (χ4v) is 13.2. The summed E-state index contributed by atoms with van der Waals surface area (Å²) < 4.78 is 85.0. The second-order valence-corrected chi connectivity index (χ2v) is 26.9. The Morgan fingerprint density at radius 1 is 0.463 bits per heavy atom. The van der Waals surface area contributed by atoms with Gasteiger partial charge in [-0.05, 0) is 78.9 Å². The molecule has 0 aromatic carbocycles. The number of azide groups is 4. The van der Waals surface area contributed by atoms with Crippen molar-refractivity contribution >= 4 is 50.1 Å². The first-order valence-electron chi connectivity index (χ1n) is 32.1. The first-order valence-corrected chi connectivity index (χ1v) is 35.7. The molecule has 2 N–H and O–H groups in total. The molecule has 0 saturated carbocycles. The highest BCUT2D eigenvalue weighted by Gasteiger charge is 2.48. The maximum Gasteiger partial charge on any atom is 0.333 e. The molecule has 532 valence electrons. The van der Waals surface area contributed by atoms with Gasteiger partial charge in [0, 0.05) is 84.5 Å². The van der Waals surface area contributed by atoms with Crippen LogP contribution in [-0.2, 0) is 81.0 Å². The van der Waals surface area contributed by atoms with Gasteiger partial charge in [-0.2, -0.15) is 16.8 Å². The highest BCUT2D eigenvalue weighted by molar-refractivity contribution is 7.86. The average molecular weight is 1380 g/mol. The third-order valence-electron chi connectivity index (χ3n) is 16.6. The number of carbonyl (C=O) groups is 5. The minimum atomic E-state index is -3.74. The Bertz CT molecular complexity index is 3140. The fraction of sp³-hybridized carbons (Fsp3) is 0.758. The van der Waals surface area contributed by atoms with Crippen LogP contribution in [0.5, 0.6) is 0 Å². The van der Waals surface area contributed by atoms with Gasteiger partial charge in [-0.3, -0.25) is 8.37 Å². The van der Waals surface area contributed by atoms with E-state index in [1.165, 1.54) is 48.4 Å². The predicted octanol–water partition coefficient (Wildman–Crippen LogP) is 11.4. The van der Waals surface area contributed by atoms with Crippen LogP contribution in [-0.4, -0.2) is 166 Å². The molecule has 6 rings (SSSR count). The molecule has 31 nitrogen and oxygen atoms in total. The summed E-state index contributed by atoms with van der Waals surface area (Å²) in [5.41, 5.74) is 37.0. The number of fused-ring (bicyclic) bond motifs is 1. The van der Waals surface area contributed by atoms with Crippen molar-refractivity contribution in [1.82, 2.24) is 0 Å². The molecular weight excluding hydrogens is 1280 g/mol. The molecule has 0 aromatic heterocycles. The summed E-state index contributed by atoms with van der Waals surface area (Å²) in [6.07, 6.45) is 23.4. The quantitative estimate of drug-likeness (QED) is 0.0140. The maximum atomic E-state index is 11.8. The first-order chi connectivity index (χ1) is 45.2. The van der Waals surface area contributed by atoms with Gasteiger partial charge in [-0.15, -0.1) is 0 Å². The van der Waals surface area contributed by atoms with E-state index in [4.69, 9.17) is 49.4 Å². The minimum absolute atomic E-state index is 0.0338. The number of aliphatic hydroxyl groups excluding tert-OH is 2. The number of ether oxygens (including phenoxy) is 6. The van der Waals surface area contributed by atoms with Crippen molar-refractivity contribution in [1.29, 1.82) is 0 Å². The van der Waals surface area contributed by atoms with Gasteiger partial charge < -0.3 is 38.6 Å². The van der Waals surface area contributed by atoms with Crippen molar-refractivity contribution in [3.05, 3.63) is 100 Å². The summed E-state index contributed by atoms with van der Waals surface area (Å²) in [6, 6.07) is -2.51. The largest absolute Gasteiger partial charge is 0.466 e. The van der Waals surface area contributed by atoms with Crippen LogP contribution in [0.3, 0.4) is 0 Å². The lowest BCUT2D eigenvalue weighted by Crippen LogP contribution is -2.40. The van der Waals surface area contributed by atoms with Gasteiger partial charge in [-0.1, -0.05) is 150 Å². The summed E-state index contributed by atoms with van der Waals surface area (Å²) in [4.78, 5) is 69.0. The Kier molecular flexibility index (Phi) is 38.9.